The predicted octanol–water partition coefficient (Wildman–Crippen LogP) is 2.83. The number of pyridine rings is 1. The molecular formula is C22H25ClN4O3. The fraction of sp³-hybridized carbons (Fsp3) is 0.318. The van der Waals surface area contributed by atoms with Crippen molar-refractivity contribution in [3.05, 3.63) is 86.8 Å². The van der Waals surface area contributed by atoms with Crippen LogP contribution in [-0.2, 0) is 30.9 Å². The maximum absolute atomic E-state index is 12.9. The molecule has 3 rings (SSSR count). The van der Waals surface area contributed by atoms with Gasteiger partial charge in [-0.3, -0.25) is 9.59 Å². The van der Waals surface area contributed by atoms with Gasteiger partial charge in [-0.25, -0.2) is 4.98 Å². The number of rotatable bonds is 9. The molecule has 0 fully saturated rings. The molecule has 1 amide bonds. The van der Waals surface area contributed by atoms with Crippen LogP contribution in [0, 0.1) is 6.92 Å². The molecule has 1 N–H and O–H groups in total. The molecule has 0 saturated carbocycles. The minimum absolute atomic E-state index is 0.118. The predicted molar refractivity (Wildman–Crippen MR) is 116 cm³/mol. The Morgan fingerprint density at radius 3 is 2.77 bits per heavy atom. The summed E-state index contributed by atoms with van der Waals surface area (Å²) in [5, 5.41) is 3.53. The van der Waals surface area contributed by atoms with Crippen LogP contribution in [0.1, 0.15) is 27.3 Å². The molecule has 8 heteroatoms. The van der Waals surface area contributed by atoms with E-state index in [2.05, 4.69) is 10.3 Å². The fourth-order valence-corrected chi connectivity index (χ4v) is 3.64. The minimum atomic E-state index is -0.404. The van der Waals surface area contributed by atoms with Crippen molar-refractivity contribution in [2.75, 3.05) is 13.7 Å². The Morgan fingerprint density at radius 1 is 1.27 bits per heavy atom. The number of hydrogen-bond acceptors (Lipinski definition) is 4. The number of aryl methyl sites for hydroxylation is 2. The van der Waals surface area contributed by atoms with Gasteiger partial charge in [0.1, 0.15) is 5.56 Å². The quantitative estimate of drug-likeness (QED) is 0.568. The van der Waals surface area contributed by atoms with Crippen LogP contribution in [0.5, 0.6) is 0 Å². The first-order valence-corrected chi connectivity index (χ1v) is 10.1. The number of benzene rings is 1. The number of aromatic nitrogens is 3. The van der Waals surface area contributed by atoms with Gasteiger partial charge in [-0.1, -0.05) is 29.8 Å². The first kappa shape index (κ1) is 21.8. The van der Waals surface area contributed by atoms with Crippen LogP contribution < -0.4 is 10.7 Å². The zero-order valence-corrected chi connectivity index (χ0v) is 17.9. The van der Waals surface area contributed by atoms with E-state index < -0.39 is 5.91 Å². The van der Waals surface area contributed by atoms with Gasteiger partial charge < -0.3 is 19.2 Å². The normalized spacial score (nSPS) is 10.9. The maximum atomic E-state index is 12.9. The lowest BCUT2D eigenvalue weighted by atomic mass is 10.1. The highest BCUT2D eigenvalue weighted by molar-refractivity contribution is 6.31. The molecule has 0 bridgehead atoms. The van der Waals surface area contributed by atoms with Gasteiger partial charge in [-0.15, -0.1) is 0 Å². The fourth-order valence-electron chi connectivity index (χ4n) is 3.41. The molecule has 0 radical (unpaired) electrons. The van der Waals surface area contributed by atoms with Crippen molar-refractivity contribution in [2.24, 2.45) is 0 Å². The summed E-state index contributed by atoms with van der Waals surface area (Å²) in [7, 11) is 1.55. The number of carbonyl (C=O) groups is 1. The summed E-state index contributed by atoms with van der Waals surface area (Å²) in [5.41, 5.74) is 2.15. The molecule has 0 unspecified atom stereocenters. The molecule has 0 aliphatic carbocycles. The summed E-state index contributed by atoms with van der Waals surface area (Å²) in [6.07, 6.45) is 5.84. The second-order valence-corrected chi connectivity index (χ2v) is 7.36. The molecule has 7 nitrogen and oxygen atoms in total. The van der Waals surface area contributed by atoms with Crippen molar-refractivity contribution in [3.8, 4) is 0 Å². The molecule has 2 heterocycles. The van der Waals surface area contributed by atoms with E-state index >= 15 is 0 Å². The lowest BCUT2D eigenvalue weighted by Crippen LogP contribution is -2.34. The number of halogens is 1. The third kappa shape index (κ3) is 5.17. The number of nitrogens with one attached hydrogen (secondary N) is 1. The third-order valence-corrected chi connectivity index (χ3v) is 5.28. The molecular weight excluding hydrogens is 404 g/mol. The molecule has 2 aromatic heterocycles. The topological polar surface area (TPSA) is 78.2 Å². The van der Waals surface area contributed by atoms with Gasteiger partial charge in [-0.2, -0.15) is 0 Å². The van der Waals surface area contributed by atoms with E-state index in [-0.39, 0.29) is 17.6 Å². The van der Waals surface area contributed by atoms with Crippen molar-refractivity contribution in [1.29, 1.82) is 0 Å². The first-order chi connectivity index (χ1) is 14.5. The smallest absolute Gasteiger partial charge is 0.257 e. The SMILES string of the molecule is COCc1c(C(=O)NCCn2ccnc2)c(=O)cc(C)n1CCc1ccccc1Cl. The van der Waals surface area contributed by atoms with E-state index in [0.717, 1.165) is 11.3 Å². The maximum Gasteiger partial charge on any atom is 0.257 e. The number of carbonyl (C=O) groups excluding carboxylic acids is 1. The molecule has 0 saturated heterocycles. The number of methoxy groups -OCH3 is 1. The average molecular weight is 429 g/mol. The molecule has 3 aromatic rings. The van der Waals surface area contributed by atoms with Crippen LogP contribution in [0.4, 0.5) is 0 Å². The van der Waals surface area contributed by atoms with E-state index in [1.54, 1.807) is 19.6 Å². The lowest BCUT2D eigenvalue weighted by Gasteiger charge is -2.20. The van der Waals surface area contributed by atoms with Gasteiger partial charge in [0, 0.05) is 55.9 Å². The molecule has 30 heavy (non-hydrogen) atoms. The van der Waals surface area contributed by atoms with Crippen molar-refractivity contribution < 1.29 is 9.53 Å². The summed E-state index contributed by atoms with van der Waals surface area (Å²) in [4.78, 5) is 29.5. The first-order valence-electron chi connectivity index (χ1n) is 9.71. The monoisotopic (exact) mass is 428 g/mol. The summed E-state index contributed by atoms with van der Waals surface area (Å²) in [6, 6.07) is 9.15. The van der Waals surface area contributed by atoms with Crippen molar-refractivity contribution >= 4 is 17.5 Å². The largest absolute Gasteiger partial charge is 0.378 e. The van der Waals surface area contributed by atoms with Crippen LogP contribution in [0.15, 0.2) is 53.8 Å². The third-order valence-electron chi connectivity index (χ3n) is 4.91. The molecule has 158 valence electrons. The minimum Gasteiger partial charge on any atom is -0.378 e. The summed E-state index contributed by atoms with van der Waals surface area (Å²) >= 11 is 6.28. The van der Waals surface area contributed by atoms with Crippen LogP contribution in [-0.4, -0.2) is 33.7 Å². The highest BCUT2D eigenvalue weighted by Crippen LogP contribution is 2.18. The van der Waals surface area contributed by atoms with Gasteiger partial charge in [0.15, 0.2) is 5.43 Å². The Balaban J connectivity index is 1.84. The Labute approximate surface area is 180 Å². The zero-order chi connectivity index (χ0) is 21.5. The molecule has 1 aromatic carbocycles. The van der Waals surface area contributed by atoms with Crippen molar-refractivity contribution in [1.82, 2.24) is 19.4 Å². The number of hydrogen-bond donors (Lipinski definition) is 1. The second kappa shape index (κ2) is 10.2. The molecule has 0 aliphatic rings. The summed E-state index contributed by atoms with van der Waals surface area (Å²) < 4.78 is 9.14. The van der Waals surface area contributed by atoms with Crippen LogP contribution in [0.25, 0.3) is 0 Å². The molecule has 0 atom stereocenters. The van der Waals surface area contributed by atoms with Gasteiger partial charge in [0.2, 0.25) is 0 Å². The van der Waals surface area contributed by atoms with E-state index in [0.29, 0.717) is 36.8 Å². The Kier molecular flexibility index (Phi) is 7.43. The number of nitrogens with zero attached hydrogens (tertiary/aromatic N) is 3. The van der Waals surface area contributed by atoms with Gasteiger partial charge in [0.05, 0.1) is 18.6 Å². The molecule has 0 aliphatic heterocycles. The van der Waals surface area contributed by atoms with Crippen molar-refractivity contribution in [2.45, 2.75) is 33.0 Å². The lowest BCUT2D eigenvalue weighted by molar-refractivity contribution is 0.0943. The van der Waals surface area contributed by atoms with Crippen LogP contribution in [0.2, 0.25) is 5.02 Å². The summed E-state index contributed by atoms with van der Waals surface area (Å²) in [5.74, 6) is -0.404. The van der Waals surface area contributed by atoms with Crippen LogP contribution >= 0.6 is 11.6 Å². The highest BCUT2D eigenvalue weighted by atomic mass is 35.5. The van der Waals surface area contributed by atoms with Crippen LogP contribution in [0.3, 0.4) is 0 Å². The second-order valence-electron chi connectivity index (χ2n) is 6.95. The molecule has 0 spiro atoms. The average Bonchev–Trinajstić information content (AvgIpc) is 3.22. The zero-order valence-electron chi connectivity index (χ0n) is 17.1. The van der Waals surface area contributed by atoms with Crippen molar-refractivity contribution in [3.63, 3.8) is 0 Å². The van der Waals surface area contributed by atoms with E-state index in [1.165, 1.54) is 6.07 Å². The number of ether oxygens (including phenoxy) is 1. The summed E-state index contributed by atoms with van der Waals surface area (Å²) in [6.45, 7) is 3.54. The highest BCUT2D eigenvalue weighted by Gasteiger charge is 2.20. The van der Waals surface area contributed by atoms with E-state index in [1.807, 2.05) is 46.5 Å². The Hall–Kier alpha value is -2.90. The van der Waals surface area contributed by atoms with Gasteiger partial charge in [-0.05, 0) is 25.0 Å². The Morgan fingerprint density at radius 2 is 2.07 bits per heavy atom. The number of imidazole rings is 1. The van der Waals surface area contributed by atoms with E-state index in [9.17, 15) is 9.59 Å². The Bertz CT molecular complexity index is 1060. The van der Waals surface area contributed by atoms with Gasteiger partial charge >= 0.3 is 0 Å². The van der Waals surface area contributed by atoms with E-state index in [4.69, 9.17) is 16.3 Å². The van der Waals surface area contributed by atoms with Gasteiger partial charge in [0.25, 0.3) is 5.91 Å². The standard InChI is InChI=1S/C22H25ClN4O3/c1-16-13-20(28)21(22(29)25-9-12-26-11-8-24-15-26)19(14-30-2)27(16)10-7-17-5-3-4-6-18(17)23/h3-6,8,11,13,15H,7,9-10,12,14H2,1-2H3,(H,25,29). The number of amides is 1.